The predicted molar refractivity (Wildman–Crippen MR) is 127 cm³/mol. The first-order valence-corrected chi connectivity index (χ1v) is 11.7. The molecule has 1 atom stereocenters. The van der Waals surface area contributed by atoms with E-state index in [1.54, 1.807) is 10.6 Å². The summed E-state index contributed by atoms with van der Waals surface area (Å²) in [7, 11) is 0. The van der Waals surface area contributed by atoms with Crippen molar-refractivity contribution < 1.29 is 4.79 Å². The molecule has 1 amide bonds. The van der Waals surface area contributed by atoms with Crippen LogP contribution in [-0.4, -0.2) is 27.3 Å². The van der Waals surface area contributed by atoms with Crippen LogP contribution in [0.5, 0.6) is 0 Å². The molecule has 7 heteroatoms. The lowest BCUT2D eigenvalue weighted by molar-refractivity contribution is -0.120. The van der Waals surface area contributed by atoms with E-state index in [1.165, 1.54) is 23.1 Å². The van der Waals surface area contributed by atoms with Crippen LogP contribution < -0.4 is 10.9 Å². The van der Waals surface area contributed by atoms with Gasteiger partial charge in [-0.25, -0.2) is 4.98 Å². The molecule has 0 fully saturated rings. The molecular formula is C23H27N3O2S2. The first-order valence-electron chi connectivity index (χ1n) is 9.96. The third kappa shape index (κ3) is 4.23. The molecule has 0 bridgehead atoms. The molecule has 2 heterocycles. The van der Waals surface area contributed by atoms with Crippen molar-refractivity contribution in [1.82, 2.24) is 14.9 Å². The van der Waals surface area contributed by atoms with Gasteiger partial charge in [-0.2, -0.15) is 0 Å². The van der Waals surface area contributed by atoms with Crippen LogP contribution in [0.2, 0.25) is 0 Å². The molecular weight excluding hydrogens is 414 g/mol. The summed E-state index contributed by atoms with van der Waals surface area (Å²) in [4.78, 5) is 32.8. The number of rotatable bonds is 7. The number of aromatic nitrogens is 2. The van der Waals surface area contributed by atoms with E-state index >= 15 is 0 Å². The van der Waals surface area contributed by atoms with Crippen LogP contribution in [0.3, 0.4) is 0 Å². The maximum atomic E-state index is 13.7. The molecule has 0 aliphatic heterocycles. The Hall–Kier alpha value is -2.38. The minimum Gasteiger partial charge on any atom is -0.352 e. The van der Waals surface area contributed by atoms with Gasteiger partial charge in [0, 0.05) is 11.4 Å². The topological polar surface area (TPSA) is 64.0 Å². The minimum atomic E-state index is -0.404. The Kier molecular flexibility index (Phi) is 6.83. The molecule has 0 radical (unpaired) electrons. The number of hydrogen-bond donors (Lipinski definition) is 1. The number of carbonyl (C=O) groups is 1. The van der Waals surface area contributed by atoms with Crippen LogP contribution in [0.25, 0.3) is 15.9 Å². The van der Waals surface area contributed by atoms with Gasteiger partial charge in [0.2, 0.25) is 5.91 Å². The molecule has 0 aliphatic rings. The Labute approximate surface area is 185 Å². The zero-order chi connectivity index (χ0) is 22.0. The standard InChI is InChI=1S/C23H27N3O2S2/c1-7-11-24-20(27)16(6)30-23-25-21-19(18(8-2)15(5)29-21)22(28)26(23)17-10-9-13(3)14(4)12-17/h7,9-10,12,16H,1,8,11H2,2-6H3,(H,24,27). The molecule has 2 aromatic heterocycles. The number of nitrogens with one attached hydrogen (secondary N) is 1. The molecule has 5 nitrogen and oxygen atoms in total. The van der Waals surface area contributed by atoms with Gasteiger partial charge in [0.15, 0.2) is 5.16 Å². The molecule has 30 heavy (non-hydrogen) atoms. The Morgan fingerprint density at radius 2 is 2.07 bits per heavy atom. The highest BCUT2D eigenvalue weighted by Crippen LogP contribution is 2.32. The van der Waals surface area contributed by atoms with E-state index in [9.17, 15) is 9.59 Å². The highest BCUT2D eigenvalue weighted by molar-refractivity contribution is 8.00. The van der Waals surface area contributed by atoms with Crippen LogP contribution in [0, 0.1) is 20.8 Å². The normalized spacial score (nSPS) is 12.2. The fourth-order valence-electron chi connectivity index (χ4n) is 3.32. The average molecular weight is 442 g/mol. The Morgan fingerprint density at radius 1 is 1.33 bits per heavy atom. The number of nitrogens with zero attached hydrogens (tertiary/aromatic N) is 2. The number of benzene rings is 1. The van der Waals surface area contributed by atoms with Crippen molar-refractivity contribution >= 4 is 39.2 Å². The van der Waals surface area contributed by atoms with E-state index in [0.717, 1.165) is 38.5 Å². The Morgan fingerprint density at radius 3 is 2.70 bits per heavy atom. The van der Waals surface area contributed by atoms with Gasteiger partial charge in [-0.1, -0.05) is 30.8 Å². The van der Waals surface area contributed by atoms with E-state index in [1.807, 2.05) is 45.9 Å². The second-order valence-electron chi connectivity index (χ2n) is 7.27. The summed E-state index contributed by atoms with van der Waals surface area (Å²) < 4.78 is 1.65. The lowest BCUT2D eigenvalue weighted by atomic mass is 10.1. The van der Waals surface area contributed by atoms with Crippen LogP contribution in [0.4, 0.5) is 0 Å². The highest BCUT2D eigenvalue weighted by Gasteiger charge is 2.22. The van der Waals surface area contributed by atoms with Crippen LogP contribution in [-0.2, 0) is 11.2 Å². The second kappa shape index (κ2) is 9.18. The third-order valence-electron chi connectivity index (χ3n) is 5.17. The minimum absolute atomic E-state index is 0.0781. The summed E-state index contributed by atoms with van der Waals surface area (Å²) in [6, 6.07) is 5.95. The third-order valence-corrected chi connectivity index (χ3v) is 7.26. The van der Waals surface area contributed by atoms with Gasteiger partial charge < -0.3 is 5.32 Å². The van der Waals surface area contributed by atoms with Crippen LogP contribution in [0.15, 0.2) is 40.8 Å². The molecule has 0 aliphatic carbocycles. The maximum Gasteiger partial charge on any atom is 0.267 e. The fraction of sp³-hybridized carbons (Fsp3) is 0.348. The quantitative estimate of drug-likeness (QED) is 0.327. The molecule has 0 saturated heterocycles. The monoisotopic (exact) mass is 441 g/mol. The van der Waals surface area contributed by atoms with E-state index in [2.05, 4.69) is 18.8 Å². The number of hydrogen-bond acceptors (Lipinski definition) is 5. The molecule has 3 rings (SSSR count). The number of aryl methyl sites for hydroxylation is 4. The zero-order valence-corrected chi connectivity index (χ0v) is 19.7. The van der Waals surface area contributed by atoms with Gasteiger partial charge in [0.25, 0.3) is 5.56 Å². The van der Waals surface area contributed by atoms with Crippen molar-refractivity contribution in [2.45, 2.75) is 51.4 Å². The zero-order valence-electron chi connectivity index (χ0n) is 18.0. The molecule has 0 saturated carbocycles. The largest absolute Gasteiger partial charge is 0.352 e. The first-order chi connectivity index (χ1) is 14.3. The highest BCUT2D eigenvalue weighted by atomic mass is 32.2. The summed E-state index contributed by atoms with van der Waals surface area (Å²) in [5.74, 6) is -0.113. The lowest BCUT2D eigenvalue weighted by Crippen LogP contribution is -2.32. The second-order valence-corrected chi connectivity index (χ2v) is 9.78. The smallest absolute Gasteiger partial charge is 0.267 e. The van der Waals surface area contributed by atoms with E-state index in [0.29, 0.717) is 17.1 Å². The van der Waals surface area contributed by atoms with Crippen molar-refractivity contribution in [3.8, 4) is 5.69 Å². The molecule has 1 N–H and O–H groups in total. The number of fused-ring (bicyclic) bond motifs is 1. The van der Waals surface area contributed by atoms with Gasteiger partial charge in [0.1, 0.15) is 4.83 Å². The number of amides is 1. The fourth-order valence-corrected chi connectivity index (χ4v) is 5.43. The number of thioether (sulfide) groups is 1. The maximum absolute atomic E-state index is 13.7. The van der Waals surface area contributed by atoms with E-state index < -0.39 is 5.25 Å². The Balaban J connectivity index is 2.21. The van der Waals surface area contributed by atoms with Crippen LogP contribution >= 0.6 is 23.1 Å². The molecule has 0 spiro atoms. The summed E-state index contributed by atoms with van der Waals surface area (Å²) in [5, 5.41) is 3.62. The Bertz CT molecular complexity index is 1180. The number of carbonyl (C=O) groups excluding carboxylic acids is 1. The van der Waals surface area contributed by atoms with E-state index in [-0.39, 0.29) is 11.5 Å². The van der Waals surface area contributed by atoms with Crippen molar-refractivity contribution in [3.05, 3.63) is 62.8 Å². The summed E-state index contributed by atoms with van der Waals surface area (Å²) in [6.45, 7) is 14.0. The summed E-state index contributed by atoms with van der Waals surface area (Å²) >= 11 is 2.84. The molecule has 1 unspecified atom stereocenters. The SMILES string of the molecule is C=CCNC(=O)C(C)Sc1nc2sc(C)c(CC)c2c(=O)n1-c1ccc(C)c(C)c1. The van der Waals surface area contributed by atoms with E-state index in [4.69, 9.17) is 4.98 Å². The summed E-state index contributed by atoms with van der Waals surface area (Å²) in [5.41, 5.74) is 4.01. The molecule has 3 aromatic rings. The van der Waals surface area contributed by atoms with Crippen molar-refractivity contribution in [3.63, 3.8) is 0 Å². The summed E-state index contributed by atoms with van der Waals surface area (Å²) in [6.07, 6.45) is 2.42. The van der Waals surface area contributed by atoms with Crippen LogP contribution in [0.1, 0.15) is 35.4 Å². The molecule has 158 valence electrons. The van der Waals surface area contributed by atoms with Crippen molar-refractivity contribution in [2.75, 3.05) is 6.54 Å². The molecule has 1 aromatic carbocycles. The van der Waals surface area contributed by atoms with Crippen molar-refractivity contribution in [2.24, 2.45) is 0 Å². The van der Waals surface area contributed by atoms with Gasteiger partial charge >= 0.3 is 0 Å². The van der Waals surface area contributed by atoms with Gasteiger partial charge in [0.05, 0.1) is 16.3 Å². The van der Waals surface area contributed by atoms with Gasteiger partial charge in [-0.05, 0) is 62.9 Å². The number of thiophene rings is 1. The average Bonchev–Trinajstić information content (AvgIpc) is 3.03. The lowest BCUT2D eigenvalue weighted by Gasteiger charge is -2.16. The van der Waals surface area contributed by atoms with Crippen molar-refractivity contribution in [1.29, 1.82) is 0 Å². The van der Waals surface area contributed by atoms with Gasteiger partial charge in [-0.15, -0.1) is 17.9 Å². The first kappa shape index (κ1) is 22.3. The predicted octanol–water partition coefficient (Wildman–Crippen LogP) is 4.72. The van der Waals surface area contributed by atoms with Gasteiger partial charge in [-0.3, -0.25) is 14.2 Å².